The number of H-pyrrole nitrogens is 1. The number of ether oxygens (including phenoxy) is 1. The third-order valence-corrected chi connectivity index (χ3v) is 2.57. The lowest BCUT2D eigenvalue weighted by molar-refractivity contribution is 0.460. The highest BCUT2D eigenvalue weighted by Gasteiger charge is 2.09. The van der Waals surface area contributed by atoms with Gasteiger partial charge in [-0.3, -0.25) is 4.79 Å². The fourth-order valence-electron chi connectivity index (χ4n) is 1.43. The van der Waals surface area contributed by atoms with Crippen molar-refractivity contribution in [2.45, 2.75) is 6.92 Å². The summed E-state index contributed by atoms with van der Waals surface area (Å²) in [5.41, 5.74) is 0.461. The van der Waals surface area contributed by atoms with E-state index in [1.807, 2.05) is 37.3 Å². The maximum atomic E-state index is 11.3. The van der Waals surface area contributed by atoms with Gasteiger partial charge in [-0.1, -0.05) is 42.0 Å². The molecule has 0 saturated carbocycles. The number of aromatic amines is 1. The number of hydrogen-bond acceptors (Lipinski definition) is 3. The molecule has 0 unspecified atom stereocenters. The predicted molar refractivity (Wildman–Crippen MR) is 71.1 cm³/mol. The molecule has 1 aromatic carbocycles. The first-order valence-electron chi connectivity index (χ1n) is 5.35. The average molecular weight is 263 g/mol. The molecule has 0 aliphatic heterocycles. The van der Waals surface area contributed by atoms with Crippen LogP contribution in [0, 0.1) is 0 Å². The van der Waals surface area contributed by atoms with Crippen LogP contribution in [0.15, 0.2) is 41.5 Å². The summed E-state index contributed by atoms with van der Waals surface area (Å²) in [4.78, 5) is 17.6. The molecule has 0 aliphatic rings. The van der Waals surface area contributed by atoms with Gasteiger partial charge < -0.3 is 9.72 Å². The highest BCUT2D eigenvalue weighted by atomic mass is 35.5. The minimum atomic E-state index is -0.426. The molecule has 18 heavy (non-hydrogen) atoms. The number of nitrogens with zero attached hydrogens (tertiary/aromatic N) is 1. The summed E-state index contributed by atoms with van der Waals surface area (Å²) in [5.74, 6) is 0.688. The van der Waals surface area contributed by atoms with Crippen LogP contribution in [0.1, 0.15) is 12.5 Å². The van der Waals surface area contributed by atoms with Gasteiger partial charge in [0.05, 0.1) is 6.33 Å². The minimum absolute atomic E-state index is 0.0622. The molecule has 0 amide bonds. The van der Waals surface area contributed by atoms with Crippen LogP contribution >= 0.6 is 11.6 Å². The van der Waals surface area contributed by atoms with E-state index in [0.29, 0.717) is 5.75 Å². The fourth-order valence-corrected chi connectivity index (χ4v) is 1.57. The third kappa shape index (κ3) is 2.60. The zero-order chi connectivity index (χ0) is 13.0. The Morgan fingerprint density at radius 2 is 2.17 bits per heavy atom. The monoisotopic (exact) mass is 262 g/mol. The number of hydrogen-bond donors (Lipinski definition) is 1. The summed E-state index contributed by atoms with van der Waals surface area (Å²) in [5, 5.41) is -0.0622. The Balaban J connectivity index is 2.40. The van der Waals surface area contributed by atoms with E-state index >= 15 is 0 Å². The molecular formula is C13H11ClN2O2. The van der Waals surface area contributed by atoms with Gasteiger partial charge >= 0.3 is 0 Å². The summed E-state index contributed by atoms with van der Waals surface area (Å²) < 4.78 is 5.56. The van der Waals surface area contributed by atoms with Crippen molar-refractivity contribution < 1.29 is 4.74 Å². The lowest BCUT2D eigenvalue weighted by atomic mass is 10.2. The molecule has 2 rings (SSSR count). The quantitative estimate of drug-likeness (QED) is 0.924. The third-order valence-electron chi connectivity index (χ3n) is 2.24. The largest absolute Gasteiger partial charge is 0.437 e. The van der Waals surface area contributed by atoms with E-state index in [9.17, 15) is 4.79 Å². The number of halogens is 1. The number of aromatic nitrogens is 2. The first-order valence-corrected chi connectivity index (χ1v) is 5.73. The highest BCUT2D eigenvalue weighted by molar-refractivity contribution is 6.31. The van der Waals surface area contributed by atoms with Crippen molar-refractivity contribution in [3.63, 3.8) is 0 Å². The fraction of sp³-hybridized carbons (Fsp3) is 0.0769. The molecule has 0 aliphatic carbocycles. The topological polar surface area (TPSA) is 55.0 Å². The minimum Gasteiger partial charge on any atom is -0.437 e. The van der Waals surface area contributed by atoms with E-state index in [0.717, 1.165) is 5.56 Å². The zero-order valence-electron chi connectivity index (χ0n) is 9.68. The number of benzene rings is 1. The number of rotatable bonds is 3. The van der Waals surface area contributed by atoms with Crippen LogP contribution < -0.4 is 10.3 Å². The normalized spacial score (nSPS) is 10.8. The van der Waals surface area contributed by atoms with E-state index in [4.69, 9.17) is 16.3 Å². The molecule has 5 heteroatoms. The van der Waals surface area contributed by atoms with Crippen molar-refractivity contribution in [1.82, 2.24) is 9.97 Å². The summed E-state index contributed by atoms with van der Waals surface area (Å²) in [6, 6.07) is 7.42. The molecule has 0 radical (unpaired) electrons. The van der Waals surface area contributed by atoms with Gasteiger partial charge in [-0.15, -0.1) is 0 Å². The van der Waals surface area contributed by atoms with Crippen LogP contribution in [0.4, 0.5) is 0 Å². The predicted octanol–water partition coefficient (Wildman–Crippen LogP) is 3.25. The van der Waals surface area contributed by atoms with Gasteiger partial charge in [-0.25, -0.2) is 4.98 Å². The Morgan fingerprint density at radius 3 is 2.94 bits per heavy atom. The van der Waals surface area contributed by atoms with Crippen LogP contribution in [0.25, 0.3) is 6.08 Å². The Kier molecular flexibility index (Phi) is 3.79. The molecule has 0 bridgehead atoms. The van der Waals surface area contributed by atoms with Gasteiger partial charge in [-0.2, -0.15) is 0 Å². The molecule has 92 valence electrons. The van der Waals surface area contributed by atoms with E-state index in [1.54, 1.807) is 6.07 Å². The van der Waals surface area contributed by atoms with Crippen molar-refractivity contribution in [2.24, 2.45) is 0 Å². The standard InChI is InChI=1S/C13H11ClN2O2/c1-2-5-9-6-3-4-7-10(9)18-13-11(14)12(17)15-8-16-13/h2-8H,1H3,(H,15,16,17)/b5-2+. The van der Waals surface area contributed by atoms with Crippen LogP contribution in [0.3, 0.4) is 0 Å². The van der Waals surface area contributed by atoms with Crippen LogP contribution in [0.2, 0.25) is 5.02 Å². The first kappa shape index (κ1) is 12.4. The van der Waals surface area contributed by atoms with Crippen molar-refractivity contribution >= 4 is 17.7 Å². The maximum absolute atomic E-state index is 11.3. The summed E-state index contributed by atoms with van der Waals surface area (Å²) in [7, 11) is 0. The van der Waals surface area contributed by atoms with Crippen LogP contribution in [-0.2, 0) is 0 Å². The summed E-state index contributed by atoms with van der Waals surface area (Å²) in [6.45, 7) is 1.91. The second kappa shape index (κ2) is 5.51. The molecule has 0 fully saturated rings. The molecule has 4 nitrogen and oxygen atoms in total. The van der Waals surface area contributed by atoms with Gasteiger partial charge in [0.15, 0.2) is 5.02 Å². The molecule has 0 saturated heterocycles. The van der Waals surface area contributed by atoms with Gasteiger partial charge in [-0.05, 0) is 13.0 Å². The highest BCUT2D eigenvalue weighted by Crippen LogP contribution is 2.27. The smallest absolute Gasteiger partial charge is 0.273 e. The van der Waals surface area contributed by atoms with Gasteiger partial charge in [0.2, 0.25) is 5.88 Å². The average Bonchev–Trinajstić information content (AvgIpc) is 2.37. The van der Waals surface area contributed by atoms with Crippen molar-refractivity contribution in [1.29, 1.82) is 0 Å². The SMILES string of the molecule is C/C=C/c1ccccc1Oc1nc[nH]c(=O)c1Cl. The second-order valence-corrected chi connectivity index (χ2v) is 3.87. The van der Waals surface area contributed by atoms with Crippen molar-refractivity contribution in [2.75, 3.05) is 0 Å². The molecule has 1 aromatic heterocycles. The molecule has 1 N–H and O–H groups in total. The number of allylic oxidation sites excluding steroid dienone is 1. The lowest BCUT2D eigenvalue weighted by Gasteiger charge is -2.08. The van der Waals surface area contributed by atoms with Crippen molar-refractivity contribution in [3.8, 4) is 11.6 Å². The number of nitrogens with one attached hydrogen (secondary N) is 1. The Bertz CT molecular complexity index is 635. The molecule has 2 aromatic rings. The van der Waals surface area contributed by atoms with E-state index in [2.05, 4.69) is 9.97 Å². The molecule has 0 atom stereocenters. The molecule has 0 spiro atoms. The van der Waals surface area contributed by atoms with Gasteiger partial charge in [0.1, 0.15) is 5.75 Å². The van der Waals surface area contributed by atoms with Gasteiger partial charge in [0.25, 0.3) is 5.56 Å². The van der Waals surface area contributed by atoms with Crippen LogP contribution in [-0.4, -0.2) is 9.97 Å². The van der Waals surface area contributed by atoms with Crippen LogP contribution in [0.5, 0.6) is 11.6 Å². The van der Waals surface area contributed by atoms with E-state index in [1.165, 1.54) is 6.33 Å². The van der Waals surface area contributed by atoms with E-state index in [-0.39, 0.29) is 10.9 Å². The second-order valence-electron chi connectivity index (χ2n) is 3.49. The lowest BCUT2D eigenvalue weighted by Crippen LogP contribution is -2.08. The van der Waals surface area contributed by atoms with Gasteiger partial charge in [0, 0.05) is 5.56 Å². The summed E-state index contributed by atoms with van der Waals surface area (Å²) >= 11 is 5.82. The summed E-state index contributed by atoms with van der Waals surface area (Å²) in [6.07, 6.45) is 5.05. The Hall–Kier alpha value is -2.07. The maximum Gasteiger partial charge on any atom is 0.273 e. The van der Waals surface area contributed by atoms with Crippen molar-refractivity contribution in [3.05, 3.63) is 57.6 Å². The number of para-hydroxylation sites is 1. The molecule has 1 heterocycles. The Morgan fingerprint density at radius 1 is 1.39 bits per heavy atom. The Labute approximate surface area is 109 Å². The molecular weight excluding hydrogens is 252 g/mol. The zero-order valence-corrected chi connectivity index (χ0v) is 10.4. The first-order chi connectivity index (χ1) is 8.72. The van der Waals surface area contributed by atoms with E-state index < -0.39 is 5.56 Å².